The van der Waals surface area contributed by atoms with E-state index in [4.69, 9.17) is 4.74 Å². The Kier molecular flexibility index (Phi) is 7.88. The fourth-order valence-electron chi connectivity index (χ4n) is 4.07. The molecule has 0 saturated carbocycles. The average Bonchev–Trinajstić information content (AvgIpc) is 2.88. The molecule has 7 heteroatoms. The second kappa shape index (κ2) is 11.4. The van der Waals surface area contributed by atoms with Crippen LogP contribution in [0.1, 0.15) is 29.8 Å². The molecule has 3 aromatic carbocycles. The van der Waals surface area contributed by atoms with Crippen molar-refractivity contribution in [1.82, 2.24) is 10.2 Å². The van der Waals surface area contributed by atoms with E-state index in [-0.39, 0.29) is 18.1 Å². The van der Waals surface area contributed by atoms with Gasteiger partial charge in [-0.3, -0.25) is 4.79 Å². The van der Waals surface area contributed by atoms with Crippen LogP contribution in [0.3, 0.4) is 0 Å². The average molecular weight is 473 g/mol. The lowest BCUT2D eigenvalue weighted by atomic mass is 10.1. The van der Waals surface area contributed by atoms with Crippen LogP contribution in [-0.4, -0.2) is 49.2 Å². The van der Waals surface area contributed by atoms with Crippen molar-refractivity contribution in [3.05, 3.63) is 90.0 Å². The molecule has 182 valence electrons. The van der Waals surface area contributed by atoms with Crippen molar-refractivity contribution in [1.29, 1.82) is 0 Å². The third-order valence-electron chi connectivity index (χ3n) is 5.84. The summed E-state index contributed by atoms with van der Waals surface area (Å²) in [5, 5.41) is 6.51. The molecule has 2 N–H and O–H groups in total. The first-order valence-corrected chi connectivity index (χ1v) is 12.0. The molecule has 35 heavy (non-hydrogen) atoms. The number of piperazine rings is 1. The van der Waals surface area contributed by atoms with E-state index >= 15 is 0 Å². The number of benzene rings is 3. The first-order valence-electron chi connectivity index (χ1n) is 12.0. The smallest absolute Gasteiger partial charge is 0.410 e. The van der Waals surface area contributed by atoms with Gasteiger partial charge in [0.15, 0.2) is 0 Å². The lowest BCUT2D eigenvalue weighted by Gasteiger charge is -2.37. The van der Waals surface area contributed by atoms with E-state index in [9.17, 15) is 9.59 Å². The Labute approximate surface area is 206 Å². The molecular weight excluding hydrogens is 440 g/mol. The highest BCUT2D eigenvalue weighted by Gasteiger charge is 2.26. The van der Waals surface area contributed by atoms with Crippen LogP contribution in [-0.2, 0) is 11.3 Å². The van der Waals surface area contributed by atoms with Crippen molar-refractivity contribution in [3.63, 3.8) is 0 Å². The predicted molar refractivity (Wildman–Crippen MR) is 139 cm³/mol. The SMILES string of the molecule is CC(C)OC(=O)N1CCN(c2cccc(C(=O)NCc3ccccc3)c2Nc2ccccc2)CC1. The van der Waals surface area contributed by atoms with E-state index in [2.05, 4.69) is 15.5 Å². The fourth-order valence-corrected chi connectivity index (χ4v) is 4.07. The number of para-hydroxylation sites is 2. The summed E-state index contributed by atoms with van der Waals surface area (Å²) in [5.74, 6) is -0.145. The van der Waals surface area contributed by atoms with Gasteiger partial charge in [-0.1, -0.05) is 54.6 Å². The maximum atomic E-state index is 13.3. The van der Waals surface area contributed by atoms with Gasteiger partial charge in [-0.25, -0.2) is 4.79 Å². The highest BCUT2D eigenvalue weighted by Crippen LogP contribution is 2.33. The quantitative estimate of drug-likeness (QED) is 0.505. The Balaban J connectivity index is 1.56. The van der Waals surface area contributed by atoms with E-state index in [0.29, 0.717) is 38.3 Å². The Morgan fingerprint density at radius 3 is 2.17 bits per heavy atom. The summed E-state index contributed by atoms with van der Waals surface area (Å²) in [7, 11) is 0. The van der Waals surface area contributed by atoms with E-state index in [1.165, 1.54) is 0 Å². The first kappa shape index (κ1) is 24.1. The van der Waals surface area contributed by atoms with Gasteiger partial charge in [-0.2, -0.15) is 0 Å². The van der Waals surface area contributed by atoms with Crippen molar-refractivity contribution in [3.8, 4) is 0 Å². The number of hydrogen-bond donors (Lipinski definition) is 2. The molecule has 0 bridgehead atoms. The van der Waals surface area contributed by atoms with Gasteiger partial charge in [0.2, 0.25) is 0 Å². The minimum atomic E-state index is -0.281. The van der Waals surface area contributed by atoms with Gasteiger partial charge >= 0.3 is 6.09 Å². The molecule has 3 aromatic rings. The second-order valence-corrected chi connectivity index (χ2v) is 8.77. The van der Waals surface area contributed by atoms with Crippen LogP contribution < -0.4 is 15.5 Å². The number of rotatable bonds is 7. The molecule has 0 radical (unpaired) electrons. The van der Waals surface area contributed by atoms with E-state index in [0.717, 1.165) is 22.6 Å². The van der Waals surface area contributed by atoms with Crippen LogP contribution in [0.2, 0.25) is 0 Å². The van der Waals surface area contributed by atoms with Crippen LogP contribution in [0.4, 0.5) is 21.9 Å². The number of hydrogen-bond acceptors (Lipinski definition) is 5. The lowest BCUT2D eigenvalue weighted by molar-refractivity contribution is 0.0751. The predicted octanol–water partition coefficient (Wildman–Crippen LogP) is 5.03. The second-order valence-electron chi connectivity index (χ2n) is 8.77. The first-order chi connectivity index (χ1) is 17.0. The third kappa shape index (κ3) is 6.32. The van der Waals surface area contributed by atoms with Gasteiger partial charge in [0.25, 0.3) is 5.91 Å². The fraction of sp³-hybridized carbons (Fsp3) is 0.286. The molecule has 4 rings (SSSR count). The van der Waals surface area contributed by atoms with Gasteiger partial charge in [0.1, 0.15) is 0 Å². The Morgan fingerprint density at radius 2 is 1.51 bits per heavy atom. The molecule has 1 aliphatic heterocycles. The zero-order valence-electron chi connectivity index (χ0n) is 20.2. The number of amides is 2. The minimum absolute atomic E-state index is 0.145. The molecule has 1 fully saturated rings. The Morgan fingerprint density at radius 1 is 0.857 bits per heavy atom. The summed E-state index contributed by atoms with van der Waals surface area (Å²) in [6.07, 6.45) is -0.426. The number of carbonyl (C=O) groups is 2. The molecule has 1 saturated heterocycles. The molecule has 0 aliphatic carbocycles. The van der Waals surface area contributed by atoms with Crippen LogP contribution in [0.25, 0.3) is 0 Å². The maximum absolute atomic E-state index is 13.3. The topological polar surface area (TPSA) is 73.9 Å². The minimum Gasteiger partial charge on any atom is -0.447 e. The highest BCUT2D eigenvalue weighted by atomic mass is 16.6. The van der Waals surface area contributed by atoms with Crippen molar-refractivity contribution in [2.45, 2.75) is 26.5 Å². The Bertz CT molecular complexity index is 1130. The van der Waals surface area contributed by atoms with Gasteiger partial charge < -0.3 is 25.2 Å². The molecule has 1 heterocycles. The zero-order valence-corrected chi connectivity index (χ0v) is 20.2. The van der Waals surface area contributed by atoms with Gasteiger partial charge in [-0.15, -0.1) is 0 Å². The summed E-state index contributed by atoms with van der Waals surface area (Å²) in [6, 6.07) is 25.4. The summed E-state index contributed by atoms with van der Waals surface area (Å²) in [6.45, 7) is 6.55. The highest BCUT2D eigenvalue weighted by molar-refractivity contribution is 6.03. The number of ether oxygens (including phenoxy) is 1. The largest absolute Gasteiger partial charge is 0.447 e. The van der Waals surface area contributed by atoms with Crippen molar-refractivity contribution < 1.29 is 14.3 Å². The van der Waals surface area contributed by atoms with Crippen LogP contribution in [0.5, 0.6) is 0 Å². The Hall–Kier alpha value is -4.00. The van der Waals surface area contributed by atoms with Crippen molar-refractivity contribution in [2.75, 3.05) is 36.4 Å². The van der Waals surface area contributed by atoms with Gasteiger partial charge in [-0.05, 0) is 43.7 Å². The summed E-state index contributed by atoms with van der Waals surface area (Å²) >= 11 is 0. The molecule has 0 atom stereocenters. The maximum Gasteiger partial charge on any atom is 0.410 e. The zero-order chi connectivity index (χ0) is 24.6. The summed E-state index contributed by atoms with van der Waals surface area (Å²) in [5.41, 5.74) is 4.19. The number of anilines is 3. The summed E-state index contributed by atoms with van der Waals surface area (Å²) in [4.78, 5) is 29.5. The molecular formula is C28H32N4O3. The lowest BCUT2D eigenvalue weighted by Crippen LogP contribution is -2.49. The van der Waals surface area contributed by atoms with Gasteiger partial charge in [0.05, 0.1) is 23.0 Å². The van der Waals surface area contributed by atoms with Crippen molar-refractivity contribution in [2.24, 2.45) is 0 Å². The van der Waals surface area contributed by atoms with E-state index in [1.54, 1.807) is 4.90 Å². The van der Waals surface area contributed by atoms with E-state index in [1.807, 2.05) is 92.7 Å². The number of carbonyl (C=O) groups excluding carboxylic acids is 2. The molecule has 0 unspecified atom stereocenters. The monoisotopic (exact) mass is 472 g/mol. The third-order valence-corrected chi connectivity index (χ3v) is 5.84. The summed E-state index contributed by atoms with van der Waals surface area (Å²) < 4.78 is 5.35. The molecule has 1 aliphatic rings. The molecule has 2 amide bonds. The van der Waals surface area contributed by atoms with Crippen LogP contribution in [0, 0.1) is 0 Å². The van der Waals surface area contributed by atoms with Crippen LogP contribution >= 0.6 is 0 Å². The van der Waals surface area contributed by atoms with E-state index < -0.39 is 0 Å². The normalized spacial score (nSPS) is 13.5. The van der Waals surface area contributed by atoms with Crippen LogP contribution in [0.15, 0.2) is 78.9 Å². The van der Waals surface area contributed by atoms with Crippen molar-refractivity contribution >= 4 is 29.1 Å². The molecule has 0 spiro atoms. The number of nitrogens with one attached hydrogen (secondary N) is 2. The number of nitrogens with zero attached hydrogens (tertiary/aromatic N) is 2. The standard InChI is InChI=1S/C28H32N4O3/c1-21(2)35-28(34)32-18-16-31(17-19-32)25-15-9-14-24(26(25)30-23-12-7-4-8-13-23)27(33)29-20-22-10-5-3-6-11-22/h3-15,21,30H,16-20H2,1-2H3,(H,29,33). The molecule has 7 nitrogen and oxygen atoms in total. The van der Waals surface area contributed by atoms with Gasteiger partial charge in [0, 0.05) is 38.4 Å². The molecule has 0 aromatic heterocycles.